The highest BCUT2D eigenvalue weighted by molar-refractivity contribution is 6.11. The summed E-state index contributed by atoms with van der Waals surface area (Å²) in [5.41, 5.74) is -0.0921. The van der Waals surface area contributed by atoms with Gasteiger partial charge in [-0.05, 0) is 30.2 Å². The second kappa shape index (κ2) is 6.42. The van der Waals surface area contributed by atoms with Crippen LogP contribution in [0.25, 0.3) is 0 Å². The predicted octanol–water partition coefficient (Wildman–Crippen LogP) is 2.46. The number of hydrogen-bond acceptors (Lipinski definition) is 5. The van der Waals surface area contributed by atoms with Crippen LogP contribution in [0, 0.1) is 0 Å². The average molecular weight is 366 g/mol. The number of benzene rings is 2. The minimum Gasteiger partial charge on any atom is -0.454 e. The Kier molecular flexibility index (Phi) is 4.07. The number of Topliss-reactive ketones (excluding diaryl/α,β-unsaturated/α-hetero) is 1. The Bertz CT molecular complexity index is 927. The molecule has 7 nitrogen and oxygen atoms in total. The van der Waals surface area contributed by atoms with Gasteiger partial charge in [0.25, 0.3) is 5.91 Å². The molecule has 1 saturated heterocycles. The van der Waals surface area contributed by atoms with Gasteiger partial charge < -0.3 is 14.8 Å². The Morgan fingerprint density at radius 1 is 1.11 bits per heavy atom. The zero-order valence-corrected chi connectivity index (χ0v) is 14.7. The van der Waals surface area contributed by atoms with Crippen LogP contribution < -0.4 is 14.8 Å². The van der Waals surface area contributed by atoms with Gasteiger partial charge in [-0.2, -0.15) is 0 Å². The summed E-state index contributed by atoms with van der Waals surface area (Å²) in [6.07, 6.45) is 0.385. The fraction of sp³-hybridized carbons (Fsp3) is 0.250. The zero-order valence-electron chi connectivity index (χ0n) is 14.7. The third-order valence-corrected chi connectivity index (χ3v) is 4.97. The van der Waals surface area contributed by atoms with Gasteiger partial charge in [0.1, 0.15) is 5.54 Å². The van der Waals surface area contributed by atoms with Gasteiger partial charge in [-0.1, -0.05) is 37.3 Å². The molecule has 1 atom stereocenters. The van der Waals surface area contributed by atoms with Gasteiger partial charge in [0.05, 0.1) is 6.54 Å². The van der Waals surface area contributed by atoms with Crippen LogP contribution in [0.1, 0.15) is 29.3 Å². The third kappa shape index (κ3) is 2.71. The highest BCUT2D eigenvalue weighted by Crippen LogP contribution is 2.34. The molecule has 2 heterocycles. The minimum atomic E-state index is -1.15. The van der Waals surface area contributed by atoms with Gasteiger partial charge in [-0.15, -0.1) is 0 Å². The number of imide groups is 1. The number of amides is 3. The largest absolute Gasteiger partial charge is 0.454 e. The summed E-state index contributed by atoms with van der Waals surface area (Å²) in [4.78, 5) is 39.2. The van der Waals surface area contributed by atoms with Crippen molar-refractivity contribution in [2.75, 3.05) is 13.3 Å². The second-order valence-electron chi connectivity index (χ2n) is 6.44. The van der Waals surface area contributed by atoms with E-state index in [2.05, 4.69) is 5.32 Å². The minimum absolute atomic E-state index is 0.107. The lowest BCUT2D eigenvalue weighted by molar-refractivity contribution is -0.131. The number of nitrogens with one attached hydrogen (secondary N) is 1. The molecule has 0 aliphatic carbocycles. The average Bonchev–Trinajstić information content (AvgIpc) is 3.26. The first-order valence-corrected chi connectivity index (χ1v) is 8.67. The van der Waals surface area contributed by atoms with Crippen molar-refractivity contribution in [1.82, 2.24) is 10.2 Å². The predicted molar refractivity (Wildman–Crippen MR) is 95.6 cm³/mol. The van der Waals surface area contributed by atoms with Gasteiger partial charge in [0.15, 0.2) is 17.3 Å². The number of ketones is 1. The van der Waals surface area contributed by atoms with Crippen LogP contribution in [0.2, 0.25) is 0 Å². The molecule has 0 radical (unpaired) electrons. The molecule has 27 heavy (non-hydrogen) atoms. The number of carbonyl (C=O) groups excluding carboxylic acids is 3. The Morgan fingerprint density at radius 3 is 2.59 bits per heavy atom. The first-order chi connectivity index (χ1) is 13.0. The van der Waals surface area contributed by atoms with E-state index in [1.54, 1.807) is 30.3 Å². The van der Waals surface area contributed by atoms with Gasteiger partial charge in [0.2, 0.25) is 6.79 Å². The maximum absolute atomic E-state index is 13.1. The number of carbonyl (C=O) groups is 3. The van der Waals surface area contributed by atoms with E-state index in [0.29, 0.717) is 29.0 Å². The first kappa shape index (κ1) is 17.1. The molecule has 7 heteroatoms. The Hall–Kier alpha value is -3.35. The van der Waals surface area contributed by atoms with Crippen LogP contribution in [0.15, 0.2) is 48.5 Å². The summed E-state index contributed by atoms with van der Waals surface area (Å²) in [5, 5.41) is 2.77. The smallest absolute Gasteiger partial charge is 0.325 e. The summed E-state index contributed by atoms with van der Waals surface area (Å²) in [5.74, 6) is 0.271. The Balaban J connectivity index is 1.58. The Morgan fingerprint density at radius 2 is 1.85 bits per heavy atom. The molecule has 0 spiro atoms. The van der Waals surface area contributed by atoms with E-state index in [9.17, 15) is 14.4 Å². The van der Waals surface area contributed by atoms with E-state index in [1.807, 2.05) is 25.1 Å². The molecule has 4 rings (SSSR count). The molecular formula is C20H18N2O5. The molecule has 0 saturated carbocycles. The maximum atomic E-state index is 13.1. The van der Waals surface area contributed by atoms with Crippen LogP contribution >= 0.6 is 0 Å². The quantitative estimate of drug-likeness (QED) is 0.649. The molecule has 2 aromatic carbocycles. The third-order valence-electron chi connectivity index (χ3n) is 4.97. The lowest BCUT2D eigenvalue weighted by atomic mass is 9.87. The van der Waals surface area contributed by atoms with Crippen molar-refractivity contribution in [3.8, 4) is 11.5 Å². The lowest BCUT2D eigenvalue weighted by Gasteiger charge is -2.25. The molecular weight excluding hydrogens is 348 g/mol. The van der Waals surface area contributed by atoms with Crippen LogP contribution in [0.5, 0.6) is 11.5 Å². The number of rotatable bonds is 5. The fourth-order valence-corrected chi connectivity index (χ4v) is 3.44. The van der Waals surface area contributed by atoms with E-state index in [-0.39, 0.29) is 19.1 Å². The molecule has 0 bridgehead atoms. The van der Waals surface area contributed by atoms with Crippen molar-refractivity contribution in [1.29, 1.82) is 0 Å². The van der Waals surface area contributed by atoms with E-state index < -0.39 is 17.5 Å². The van der Waals surface area contributed by atoms with E-state index in [4.69, 9.17) is 9.47 Å². The molecule has 2 aliphatic heterocycles. The van der Waals surface area contributed by atoms with Gasteiger partial charge in [-0.3, -0.25) is 14.5 Å². The maximum Gasteiger partial charge on any atom is 0.325 e. The van der Waals surface area contributed by atoms with Crippen molar-refractivity contribution in [3.05, 3.63) is 59.7 Å². The second-order valence-corrected chi connectivity index (χ2v) is 6.44. The van der Waals surface area contributed by atoms with Crippen molar-refractivity contribution < 1.29 is 23.9 Å². The monoisotopic (exact) mass is 366 g/mol. The highest BCUT2D eigenvalue weighted by atomic mass is 16.7. The summed E-state index contributed by atoms with van der Waals surface area (Å²) < 4.78 is 10.5. The van der Waals surface area contributed by atoms with Gasteiger partial charge in [-0.25, -0.2) is 4.79 Å². The number of hydrogen-bond donors (Lipinski definition) is 1. The summed E-state index contributed by atoms with van der Waals surface area (Å²) in [7, 11) is 0. The molecule has 2 aromatic rings. The van der Waals surface area contributed by atoms with Crippen LogP contribution in [0.3, 0.4) is 0 Å². The molecule has 0 unspecified atom stereocenters. The number of urea groups is 1. The van der Waals surface area contributed by atoms with Gasteiger partial charge >= 0.3 is 6.03 Å². The number of fused-ring (bicyclic) bond motifs is 1. The first-order valence-electron chi connectivity index (χ1n) is 8.67. The molecule has 138 valence electrons. The normalized spacial score (nSPS) is 20.7. The standard InChI is InChI=1S/C20H18N2O5/c1-2-20(14-6-4-3-5-7-14)18(24)22(19(25)21-20)11-15(23)13-8-9-16-17(10-13)27-12-26-16/h3-10H,2,11-12H2,1H3,(H,21,25)/t20-/m0/s1. The summed E-state index contributed by atoms with van der Waals surface area (Å²) in [6, 6.07) is 13.3. The highest BCUT2D eigenvalue weighted by Gasteiger charge is 2.51. The number of nitrogens with zero attached hydrogens (tertiary/aromatic N) is 1. The topological polar surface area (TPSA) is 84.9 Å². The van der Waals surface area contributed by atoms with E-state index in [0.717, 1.165) is 4.90 Å². The molecule has 1 N–H and O–H groups in total. The fourth-order valence-electron chi connectivity index (χ4n) is 3.44. The molecule has 3 amide bonds. The van der Waals surface area contributed by atoms with Gasteiger partial charge in [0, 0.05) is 5.56 Å². The van der Waals surface area contributed by atoms with Crippen molar-refractivity contribution in [2.24, 2.45) is 0 Å². The number of ether oxygens (including phenoxy) is 2. The SMILES string of the molecule is CC[C@@]1(c2ccccc2)NC(=O)N(CC(=O)c2ccc3c(c2)OCO3)C1=O. The Labute approximate surface area is 155 Å². The van der Waals surface area contributed by atoms with Crippen molar-refractivity contribution in [2.45, 2.75) is 18.9 Å². The molecule has 2 aliphatic rings. The summed E-state index contributed by atoms with van der Waals surface area (Å²) in [6.45, 7) is 1.60. The molecule has 0 aromatic heterocycles. The summed E-state index contributed by atoms with van der Waals surface area (Å²) >= 11 is 0. The van der Waals surface area contributed by atoms with Crippen LogP contribution in [-0.4, -0.2) is 36.0 Å². The zero-order chi connectivity index (χ0) is 19.0. The van der Waals surface area contributed by atoms with Crippen molar-refractivity contribution in [3.63, 3.8) is 0 Å². The van der Waals surface area contributed by atoms with E-state index in [1.165, 1.54) is 0 Å². The van der Waals surface area contributed by atoms with Crippen molar-refractivity contribution >= 4 is 17.7 Å². The molecule has 1 fully saturated rings. The van der Waals surface area contributed by atoms with Crippen LogP contribution in [-0.2, 0) is 10.3 Å². The lowest BCUT2D eigenvalue weighted by Crippen LogP contribution is -2.43. The van der Waals surface area contributed by atoms with Crippen LogP contribution in [0.4, 0.5) is 4.79 Å². The van der Waals surface area contributed by atoms with E-state index >= 15 is 0 Å².